The molecule has 4 heteroatoms. The van der Waals surface area contributed by atoms with Crippen LogP contribution in [-0.4, -0.2) is 13.6 Å². The molecule has 0 aliphatic heterocycles. The standard InChI is InChI=1S/C4H11NOSi.Li.H/c1-7(2,3)4(5)6;;/h1-3H3,(H2,5,6);;/q;+1;-1. The predicted octanol–water partition coefficient (Wildman–Crippen LogP) is -1.90. The van der Waals surface area contributed by atoms with Crippen molar-refractivity contribution in [3.8, 4) is 0 Å². The Morgan fingerprint density at radius 2 is 1.62 bits per heavy atom. The summed E-state index contributed by atoms with van der Waals surface area (Å²) in [4.78, 5) is 10.3. The Bertz CT molecular complexity index is 93.1. The van der Waals surface area contributed by atoms with Gasteiger partial charge in [-0.2, -0.15) is 0 Å². The minimum atomic E-state index is -1.60. The van der Waals surface area contributed by atoms with Crippen molar-refractivity contribution in [1.82, 2.24) is 0 Å². The maximum atomic E-state index is 10.3. The van der Waals surface area contributed by atoms with Crippen molar-refractivity contribution in [2.45, 2.75) is 19.6 Å². The predicted molar refractivity (Wildman–Crippen MR) is 34.0 cm³/mol. The summed E-state index contributed by atoms with van der Waals surface area (Å²) in [7, 11) is -1.60. The number of carbonyl (C=O) groups excluding carboxylic acids is 1. The third-order valence-corrected chi connectivity index (χ3v) is 2.22. The summed E-state index contributed by atoms with van der Waals surface area (Å²) in [5.41, 5.74) is 4.87. The molecule has 0 bridgehead atoms. The van der Waals surface area contributed by atoms with Crippen LogP contribution in [-0.2, 0) is 0 Å². The fourth-order valence-corrected chi connectivity index (χ4v) is 0. The van der Waals surface area contributed by atoms with Crippen LogP contribution in [0.2, 0.25) is 19.6 Å². The minimum absolute atomic E-state index is 0. The van der Waals surface area contributed by atoms with Gasteiger partial charge in [0.15, 0.2) is 13.6 Å². The summed E-state index contributed by atoms with van der Waals surface area (Å²) >= 11 is 0. The van der Waals surface area contributed by atoms with E-state index in [9.17, 15) is 4.79 Å². The first-order valence-electron chi connectivity index (χ1n) is 2.24. The molecule has 0 fully saturated rings. The SMILES string of the molecule is C[Si](C)(C)C(N)=O.[H-].[Li+]. The number of hydrogen-bond donors (Lipinski definition) is 1. The number of nitrogens with two attached hydrogens (primary N) is 1. The molecule has 0 aliphatic carbocycles. The van der Waals surface area contributed by atoms with E-state index >= 15 is 0 Å². The van der Waals surface area contributed by atoms with Gasteiger partial charge in [0.25, 0.3) is 0 Å². The molecule has 0 rings (SSSR count). The van der Waals surface area contributed by atoms with Crippen molar-refractivity contribution < 1.29 is 25.1 Å². The van der Waals surface area contributed by atoms with Crippen LogP contribution in [0.4, 0.5) is 4.79 Å². The van der Waals surface area contributed by atoms with Crippen LogP contribution in [0.1, 0.15) is 1.43 Å². The van der Waals surface area contributed by atoms with E-state index in [0.29, 0.717) is 0 Å². The van der Waals surface area contributed by atoms with E-state index in [1.807, 2.05) is 19.6 Å². The molecule has 44 valence electrons. The van der Waals surface area contributed by atoms with Gasteiger partial charge in [-0.15, -0.1) is 0 Å². The Morgan fingerprint density at radius 1 is 1.50 bits per heavy atom. The van der Waals surface area contributed by atoms with Crippen molar-refractivity contribution in [1.29, 1.82) is 0 Å². The average Bonchev–Trinajstić information content (AvgIpc) is 1.31. The van der Waals surface area contributed by atoms with Gasteiger partial charge in [0, 0.05) is 0 Å². The third kappa shape index (κ3) is 4.44. The Morgan fingerprint density at radius 3 is 1.62 bits per heavy atom. The van der Waals surface area contributed by atoms with E-state index in [2.05, 4.69) is 0 Å². The molecule has 0 heterocycles. The summed E-state index contributed by atoms with van der Waals surface area (Å²) in [5.74, 6) is 0. The molecular formula is C4H12LiNOSi. The number of hydrogen-bond acceptors (Lipinski definition) is 1. The van der Waals surface area contributed by atoms with Gasteiger partial charge < -0.3 is 7.16 Å². The molecule has 2 nitrogen and oxygen atoms in total. The molecule has 0 aromatic heterocycles. The summed E-state index contributed by atoms with van der Waals surface area (Å²) < 4.78 is 0. The molecule has 0 unspecified atom stereocenters. The molecule has 1 amide bonds. The van der Waals surface area contributed by atoms with Crippen molar-refractivity contribution in [2.75, 3.05) is 0 Å². The first-order chi connectivity index (χ1) is 2.94. The molecule has 2 N–H and O–H groups in total. The molecule has 0 aliphatic rings. The van der Waals surface area contributed by atoms with E-state index in [-0.39, 0.29) is 25.8 Å². The zero-order valence-corrected chi connectivity index (χ0v) is 6.99. The van der Waals surface area contributed by atoms with Crippen LogP contribution in [0.25, 0.3) is 0 Å². The summed E-state index contributed by atoms with van der Waals surface area (Å²) in [6.07, 6.45) is 0. The monoisotopic (exact) mass is 125 g/mol. The largest absolute Gasteiger partial charge is 1.00 e. The van der Waals surface area contributed by atoms with Crippen molar-refractivity contribution in [3.63, 3.8) is 0 Å². The number of carbonyl (C=O) groups is 1. The summed E-state index contributed by atoms with van der Waals surface area (Å²) in [5, 5.41) is 0. The van der Waals surface area contributed by atoms with E-state index in [0.717, 1.165) is 0 Å². The molecule has 0 saturated heterocycles. The molecule has 0 atom stereocenters. The van der Waals surface area contributed by atoms with Crippen LogP contribution in [0, 0.1) is 0 Å². The quantitative estimate of drug-likeness (QED) is 0.409. The van der Waals surface area contributed by atoms with Gasteiger partial charge in [0.1, 0.15) is 0 Å². The smallest absolute Gasteiger partial charge is 1.00 e. The molecule has 0 saturated carbocycles. The summed E-state index contributed by atoms with van der Waals surface area (Å²) in [6, 6.07) is 0. The fourth-order valence-electron chi connectivity index (χ4n) is 0. The van der Waals surface area contributed by atoms with Gasteiger partial charge in [-0.05, 0) is 0 Å². The maximum Gasteiger partial charge on any atom is 1.00 e. The number of rotatable bonds is 1. The molecule has 0 spiro atoms. The van der Waals surface area contributed by atoms with E-state index in [4.69, 9.17) is 5.73 Å². The molecule has 0 aromatic rings. The molecule has 8 heavy (non-hydrogen) atoms. The van der Waals surface area contributed by atoms with Gasteiger partial charge in [0.05, 0.1) is 0 Å². The van der Waals surface area contributed by atoms with Crippen LogP contribution in [0.15, 0.2) is 0 Å². The zero-order valence-electron chi connectivity index (χ0n) is 6.99. The Balaban J connectivity index is -0.000000180. The van der Waals surface area contributed by atoms with E-state index in [1.165, 1.54) is 0 Å². The third-order valence-electron chi connectivity index (χ3n) is 0.739. The average molecular weight is 125 g/mol. The topological polar surface area (TPSA) is 43.1 Å². The van der Waals surface area contributed by atoms with Crippen LogP contribution < -0.4 is 24.6 Å². The van der Waals surface area contributed by atoms with Gasteiger partial charge in [-0.3, -0.25) is 4.79 Å². The fraction of sp³-hybridized carbons (Fsp3) is 0.750. The van der Waals surface area contributed by atoms with Gasteiger partial charge in [-0.1, -0.05) is 19.6 Å². The Hall–Kier alpha value is 0.284. The van der Waals surface area contributed by atoms with Crippen molar-refractivity contribution >= 4 is 13.6 Å². The Labute approximate surface area is 64.5 Å². The second-order valence-corrected chi connectivity index (χ2v) is 7.61. The van der Waals surface area contributed by atoms with Gasteiger partial charge >= 0.3 is 18.9 Å². The van der Waals surface area contributed by atoms with Crippen LogP contribution in [0.3, 0.4) is 0 Å². The Kier molecular flexibility index (Phi) is 4.64. The van der Waals surface area contributed by atoms with Crippen molar-refractivity contribution in [3.05, 3.63) is 0 Å². The van der Waals surface area contributed by atoms with Gasteiger partial charge in [-0.25, -0.2) is 0 Å². The normalized spacial score (nSPS) is 9.88. The second-order valence-electron chi connectivity index (χ2n) is 2.61. The first kappa shape index (κ1) is 11.1. The molecule has 0 aromatic carbocycles. The van der Waals surface area contributed by atoms with Gasteiger partial charge in [0.2, 0.25) is 0 Å². The van der Waals surface area contributed by atoms with E-state index in [1.54, 1.807) is 0 Å². The summed E-state index contributed by atoms with van der Waals surface area (Å²) in [6.45, 7) is 5.78. The number of primary amides is 1. The number of amides is 1. The van der Waals surface area contributed by atoms with Crippen LogP contribution in [0.5, 0.6) is 0 Å². The van der Waals surface area contributed by atoms with E-state index < -0.39 is 8.07 Å². The first-order valence-corrected chi connectivity index (χ1v) is 5.74. The maximum absolute atomic E-state index is 10.3. The minimum Gasteiger partial charge on any atom is -1.00 e. The molecular weight excluding hydrogens is 113 g/mol. The van der Waals surface area contributed by atoms with Crippen LogP contribution >= 0.6 is 0 Å². The second kappa shape index (κ2) is 3.34. The molecule has 0 radical (unpaired) electrons. The zero-order chi connectivity index (χ0) is 6.08. The van der Waals surface area contributed by atoms with Crippen molar-refractivity contribution in [2.24, 2.45) is 5.73 Å².